The van der Waals surface area contributed by atoms with E-state index in [9.17, 15) is 0 Å². The second-order valence-electron chi connectivity index (χ2n) is 19.8. The molecule has 0 fully saturated rings. The molecule has 0 aliphatic heterocycles. The molecule has 0 saturated heterocycles. The number of rotatable bonds is 16. The van der Waals surface area contributed by atoms with Gasteiger partial charge >= 0.3 is 0 Å². The lowest BCUT2D eigenvalue weighted by molar-refractivity contribution is 1.28. The zero-order valence-electron chi connectivity index (χ0n) is 44.4. The Kier molecular flexibility index (Phi) is 15.2. The molecular formula is C78H58N2. The number of hydrogen-bond donors (Lipinski definition) is 0. The number of anilines is 6. The summed E-state index contributed by atoms with van der Waals surface area (Å²) in [6, 6.07) is 108. The Morgan fingerprint density at radius 3 is 0.575 bits per heavy atom. The summed E-state index contributed by atoms with van der Waals surface area (Å²) in [5, 5.41) is 2.42. The minimum absolute atomic E-state index is 1.08. The summed E-state index contributed by atoms with van der Waals surface area (Å²) in [5.74, 6) is 0. The summed E-state index contributed by atoms with van der Waals surface area (Å²) in [6.45, 7) is 0. The minimum Gasteiger partial charge on any atom is -0.311 e. The van der Waals surface area contributed by atoms with Crippen LogP contribution in [0.25, 0.3) is 81.6 Å². The van der Waals surface area contributed by atoms with Crippen molar-refractivity contribution in [2.75, 3.05) is 9.80 Å². The second-order valence-corrected chi connectivity index (χ2v) is 19.8. The zero-order chi connectivity index (χ0) is 53.7. The van der Waals surface area contributed by atoms with Crippen molar-refractivity contribution >= 4 is 93.5 Å². The molecule has 0 N–H and O–H groups in total. The molecule has 380 valence electrons. The average Bonchev–Trinajstić information content (AvgIpc) is 3.60. The van der Waals surface area contributed by atoms with Crippen molar-refractivity contribution in [3.05, 3.63) is 348 Å². The van der Waals surface area contributed by atoms with Crippen molar-refractivity contribution in [2.45, 2.75) is 0 Å². The van der Waals surface area contributed by atoms with Gasteiger partial charge in [-0.25, -0.2) is 0 Å². The molecule has 0 bridgehead atoms. The van der Waals surface area contributed by atoms with Crippen LogP contribution in [0.5, 0.6) is 0 Å². The van der Waals surface area contributed by atoms with Crippen LogP contribution >= 0.6 is 0 Å². The molecule has 0 radical (unpaired) electrons. The van der Waals surface area contributed by atoms with Gasteiger partial charge < -0.3 is 9.80 Å². The van der Waals surface area contributed by atoms with E-state index in [0.29, 0.717) is 0 Å². The standard InChI is InChI=1S/C78H58N2/c1-5-15-59(16-6-1)25-29-63-33-45-69(46-34-63)79(70-47-35-64(36-48-70)30-26-60-17-7-2-8-18-60)73-53-41-67(42-54-73)75-57-58-76(78-24-14-13-23-77(75)78)68-43-55-74(56-44-68)80(71-49-37-65(38-50-71)31-27-61-19-9-3-10-20-61)72-51-39-66(40-52-72)32-28-62-21-11-4-12-22-62/h1-58H. The molecule has 0 aromatic heterocycles. The molecular weight excluding hydrogens is 965 g/mol. The molecule has 0 heterocycles. The predicted octanol–water partition coefficient (Wildman–Crippen LogP) is 21.8. The summed E-state index contributed by atoms with van der Waals surface area (Å²) in [4.78, 5) is 4.68. The van der Waals surface area contributed by atoms with Crippen LogP contribution in [-0.4, -0.2) is 0 Å². The monoisotopic (exact) mass is 1020 g/mol. The Bertz CT molecular complexity index is 3610. The largest absolute Gasteiger partial charge is 0.311 e. The third-order valence-corrected chi connectivity index (χ3v) is 14.5. The molecule has 0 spiro atoms. The quantitative estimate of drug-likeness (QED) is 0.0890. The first-order valence-electron chi connectivity index (χ1n) is 27.3. The van der Waals surface area contributed by atoms with E-state index in [2.05, 4.69) is 337 Å². The van der Waals surface area contributed by atoms with Gasteiger partial charge in [0.05, 0.1) is 0 Å². The predicted molar refractivity (Wildman–Crippen MR) is 346 cm³/mol. The van der Waals surface area contributed by atoms with Crippen LogP contribution in [0, 0.1) is 0 Å². The fraction of sp³-hybridized carbons (Fsp3) is 0. The van der Waals surface area contributed by atoms with Gasteiger partial charge in [-0.15, -0.1) is 0 Å². The highest BCUT2D eigenvalue weighted by molar-refractivity contribution is 6.05. The molecule has 2 nitrogen and oxygen atoms in total. The summed E-state index contributed by atoms with van der Waals surface area (Å²) < 4.78 is 0. The smallest absolute Gasteiger partial charge is 0.0462 e. The molecule has 0 saturated carbocycles. The van der Waals surface area contributed by atoms with Gasteiger partial charge in [-0.1, -0.05) is 279 Å². The van der Waals surface area contributed by atoms with Crippen molar-refractivity contribution < 1.29 is 0 Å². The van der Waals surface area contributed by atoms with Gasteiger partial charge in [-0.3, -0.25) is 0 Å². The van der Waals surface area contributed by atoms with E-state index in [0.717, 1.165) is 67.5 Å². The Hall–Kier alpha value is -10.5. The maximum absolute atomic E-state index is 2.34. The summed E-state index contributed by atoms with van der Waals surface area (Å²) in [6.07, 6.45) is 17.3. The molecule has 12 aromatic rings. The van der Waals surface area contributed by atoms with E-state index in [1.54, 1.807) is 0 Å². The molecule has 0 atom stereocenters. The molecule has 0 unspecified atom stereocenters. The van der Waals surface area contributed by atoms with Gasteiger partial charge in [0.25, 0.3) is 0 Å². The van der Waals surface area contributed by atoms with E-state index >= 15 is 0 Å². The highest BCUT2D eigenvalue weighted by atomic mass is 15.1. The Labute approximate surface area is 470 Å². The van der Waals surface area contributed by atoms with Crippen molar-refractivity contribution in [3.8, 4) is 22.3 Å². The number of benzene rings is 12. The van der Waals surface area contributed by atoms with Crippen LogP contribution < -0.4 is 9.80 Å². The van der Waals surface area contributed by atoms with E-state index in [1.807, 2.05) is 24.3 Å². The van der Waals surface area contributed by atoms with Crippen molar-refractivity contribution in [1.82, 2.24) is 0 Å². The van der Waals surface area contributed by atoms with Gasteiger partial charge in [0.2, 0.25) is 0 Å². The maximum Gasteiger partial charge on any atom is 0.0462 e. The van der Waals surface area contributed by atoms with Crippen LogP contribution in [0.4, 0.5) is 34.1 Å². The fourth-order valence-electron chi connectivity index (χ4n) is 10.2. The van der Waals surface area contributed by atoms with E-state index in [-0.39, 0.29) is 0 Å². The average molecular weight is 1020 g/mol. The number of nitrogens with zero attached hydrogens (tertiary/aromatic N) is 2. The van der Waals surface area contributed by atoms with Crippen molar-refractivity contribution in [3.63, 3.8) is 0 Å². The Morgan fingerprint density at radius 2 is 0.350 bits per heavy atom. The Morgan fingerprint density at radius 1 is 0.163 bits per heavy atom. The summed E-state index contributed by atoms with van der Waals surface area (Å²) in [7, 11) is 0. The molecule has 12 rings (SSSR count). The topological polar surface area (TPSA) is 6.48 Å². The zero-order valence-corrected chi connectivity index (χ0v) is 44.4. The molecule has 0 aliphatic carbocycles. The first kappa shape index (κ1) is 50.3. The van der Waals surface area contributed by atoms with Gasteiger partial charge in [0.15, 0.2) is 0 Å². The molecule has 0 aliphatic rings. The van der Waals surface area contributed by atoms with Crippen molar-refractivity contribution in [2.24, 2.45) is 0 Å². The van der Waals surface area contributed by atoms with Crippen LogP contribution in [0.15, 0.2) is 303 Å². The van der Waals surface area contributed by atoms with Gasteiger partial charge in [-0.2, -0.15) is 0 Å². The number of fused-ring (bicyclic) bond motifs is 1. The summed E-state index contributed by atoms with van der Waals surface area (Å²) in [5.41, 5.74) is 20.5. The van der Waals surface area contributed by atoms with E-state index in [1.165, 1.54) is 44.2 Å². The highest BCUT2D eigenvalue weighted by Gasteiger charge is 2.17. The minimum atomic E-state index is 1.08. The molecule has 80 heavy (non-hydrogen) atoms. The highest BCUT2D eigenvalue weighted by Crippen LogP contribution is 2.41. The maximum atomic E-state index is 2.34. The van der Waals surface area contributed by atoms with Crippen LogP contribution in [0.2, 0.25) is 0 Å². The van der Waals surface area contributed by atoms with E-state index < -0.39 is 0 Å². The lowest BCUT2D eigenvalue weighted by Gasteiger charge is -2.26. The first-order valence-corrected chi connectivity index (χ1v) is 27.3. The lowest BCUT2D eigenvalue weighted by Crippen LogP contribution is -2.09. The van der Waals surface area contributed by atoms with Gasteiger partial charge in [0, 0.05) is 34.1 Å². The molecule has 12 aromatic carbocycles. The van der Waals surface area contributed by atoms with Crippen molar-refractivity contribution in [1.29, 1.82) is 0 Å². The van der Waals surface area contributed by atoms with Crippen LogP contribution in [0.3, 0.4) is 0 Å². The second kappa shape index (κ2) is 24.2. The third-order valence-electron chi connectivity index (χ3n) is 14.5. The van der Waals surface area contributed by atoms with Gasteiger partial charge in [-0.05, 0) is 150 Å². The SMILES string of the molecule is C(=Cc1ccc(N(c2ccc(C=Cc3ccccc3)cc2)c2ccc(-c3ccc(-c4ccc(N(c5ccc(C=Cc6ccccc6)cc5)c5ccc(C=Cc6ccccc6)cc5)cc4)c4ccccc34)cc2)cc1)c1ccccc1. The van der Waals surface area contributed by atoms with Crippen LogP contribution in [-0.2, 0) is 0 Å². The summed E-state index contributed by atoms with van der Waals surface area (Å²) >= 11 is 0. The lowest BCUT2D eigenvalue weighted by atomic mass is 9.92. The molecule has 0 amide bonds. The third kappa shape index (κ3) is 12.0. The number of hydrogen-bond acceptors (Lipinski definition) is 2. The molecule has 2 heteroatoms. The first-order chi connectivity index (χ1) is 39.6. The Balaban J connectivity index is 0.834. The normalized spacial score (nSPS) is 11.6. The van der Waals surface area contributed by atoms with Gasteiger partial charge in [0.1, 0.15) is 0 Å². The van der Waals surface area contributed by atoms with E-state index in [4.69, 9.17) is 0 Å². The van der Waals surface area contributed by atoms with Crippen LogP contribution in [0.1, 0.15) is 44.5 Å². The fourth-order valence-corrected chi connectivity index (χ4v) is 10.2.